The van der Waals surface area contributed by atoms with E-state index >= 15 is 0 Å². The molecule has 0 unspecified atom stereocenters. The average Bonchev–Trinajstić information content (AvgIpc) is 3.19. The molecule has 1 aliphatic rings. The summed E-state index contributed by atoms with van der Waals surface area (Å²) < 4.78 is 5.93. The van der Waals surface area contributed by atoms with Crippen LogP contribution in [0.2, 0.25) is 0 Å². The zero-order valence-corrected chi connectivity index (χ0v) is 12.8. The van der Waals surface area contributed by atoms with E-state index in [-0.39, 0.29) is 0 Å². The Labute approximate surface area is 117 Å². The predicted octanol–water partition coefficient (Wildman–Crippen LogP) is 3.16. The lowest BCUT2D eigenvalue weighted by molar-refractivity contribution is 0.412. The predicted molar refractivity (Wildman–Crippen MR) is 80.7 cm³/mol. The molecule has 2 rings (SSSR count). The van der Waals surface area contributed by atoms with Crippen LogP contribution in [-0.2, 0) is 0 Å². The highest BCUT2D eigenvalue weighted by Crippen LogP contribution is 2.38. The van der Waals surface area contributed by atoms with Gasteiger partial charge in [0, 0.05) is 6.54 Å². The lowest BCUT2D eigenvalue weighted by atomic mass is 10.2. The van der Waals surface area contributed by atoms with Crippen molar-refractivity contribution in [1.82, 2.24) is 0 Å². The van der Waals surface area contributed by atoms with E-state index in [9.17, 15) is 0 Å². The first-order valence-electron chi connectivity index (χ1n) is 6.27. The van der Waals surface area contributed by atoms with E-state index in [4.69, 9.17) is 16.3 Å². The average molecular weight is 316 g/mol. The smallest absolute Gasteiger partial charge is 0.135 e. The Morgan fingerprint density at radius 1 is 1.39 bits per heavy atom. The molecule has 1 aliphatic carbocycles. The zero-order chi connectivity index (χ0) is 13.7. The molecule has 0 bridgehead atoms. The first-order chi connectivity index (χ1) is 8.63. The second kappa shape index (κ2) is 6.85. The summed E-state index contributed by atoms with van der Waals surface area (Å²) in [5, 5.41) is 1.72. The van der Waals surface area contributed by atoms with Crippen LogP contribution < -0.4 is 21.3 Å². The van der Waals surface area contributed by atoms with Gasteiger partial charge in [-0.3, -0.25) is 0 Å². The van der Waals surface area contributed by atoms with Gasteiger partial charge < -0.3 is 15.5 Å². The highest BCUT2D eigenvalue weighted by molar-refractivity contribution is 9.10. The molecule has 102 valence electrons. The Balaban J connectivity index is 0.000000771. The monoisotopic (exact) mass is 315 g/mol. The van der Waals surface area contributed by atoms with Crippen LogP contribution in [0.5, 0.6) is 5.75 Å². The summed E-state index contributed by atoms with van der Waals surface area (Å²) in [7, 11) is 1.61. The lowest BCUT2D eigenvalue weighted by Crippen LogP contribution is -2.33. The van der Waals surface area contributed by atoms with Gasteiger partial charge >= 0.3 is 0 Å². The second-order valence-electron chi connectivity index (χ2n) is 4.11. The van der Waals surface area contributed by atoms with Gasteiger partial charge in [-0.15, -0.1) is 0 Å². The van der Waals surface area contributed by atoms with Gasteiger partial charge in [0.25, 0.3) is 0 Å². The first kappa shape index (κ1) is 15.1. The molecule has 4 N–H and O–H groups in total. The van der Waals surface area contributed by atoms with Gasteiger partial charge in [-0.2, -0.15) is 0 Å². The lowest BCUT2D eigenvalue weighted by Gasteiger charge is -2.21. The van der Waals surface area contributed by atoms with Crippen molar-refractivity contribution in [1.29, 1.82) is 0 Å². The SMILES string of the molecule is CC.COc1ccc(N(N)CC2CC2)c(N)c1Br. The molecule has 0 atom stereocenters. The van der Waals surface area contributed by atoms with Crippen molar-refractivity contribution in [2.75, 3.05) is 24.4 Å². The summed E-state index contributed by atoms with van der Waals surface area (Å²) in [5.74, 6) is 7.44. The minimum absolute atomic E-state index is 0.627. The van der Waals surface area contributed by atoms with E-state index in [1.54, 1.807) is 12.1 Å². The Morgan fingerprint density at radius 2 is 2.00 bits per heavy atom. The van der Waals surface area contributed by atoms with Crippen LogP contribution in [0, 0.1) is 5.92 Å². The molecule has 1 fully saturated rings. The van der Waals surface area contributed by atoms with Gasteiger partial charge in [0.2, 0.25) is 0 Å². The maximum Gasteiger partial charge on any atom is 0.135 e. The molecule has 0 aliphatic heterocycles. The fraction of sp³-hybridized carbons (Fsp3) is 0.538. The van der Waals surface area contributed by atoms with Crippen molar-refractivity contribution < 1.29 is 4.74 Å². The van der Waals surface area contributed by atoms with Crippen LogP contribution >= 0.6 is 15.9 Å². The first-order valence-corrected chi connectivity index (χ1v) is 7.07. The highest BCUT2D eigenvalue weighted by atomic mass is 79.9. The number of nitrogens with two attached hydrogens (primary N) is 2. The van der Waals surface area contributed by atoms with E-state index in [2.05, 4.69) is 15.9 Å². The number of nitrogen functional groups attached to an aromatic ring is 1. The third kappa shape index (κ3) is 3.53. The fourth-order valence-corrected chi connectivity index (χ4v) is 2.14. The highest BCUT2D eigenvalue weighted by Gasteiger charge is 2.24. The van der Waals surface area contributed by atoms with E-state index in [1.807, 2.05) is 26.0 Å². The van der Waals surface area contributed by atoms with Gasteiger partial charge in [0.05, 0.1) is 23.0 Å². The molecule has 0 saturated heterocycles. The summed E-state index contributed by atoms with van der Waals surface area (Å²) >= 11 is 3.41. The largest absolute Gasteiger partial charge is 0.495 e. The Kier molecular flexibility index (Phi) is 5.75. The van der Waals surface area contributed by atoms with Crippen LogP contribution in [-0.4, -0.2) is 13.7 Å². The number of anilines is 2. The molecule has 0 heterocycles. The van der Waals surface area contributed by atoms with E-state index in [0.717, 1.165) is 28.4 Å². The minimum Gasteiger partial charge on any atom is -0.495 e. The van der Waals surface area contributed by atoms with Gasteiger partial charge in [-0.25, -0.2) is 5.84 Å². The molecular weight excluding hydrogens is 294 g/mol. The number of halogens is 1. The summed E-state index contributed by atoms with van der Waals surface area (Å²) in [6.45, 7) is 4.86. The standard InChI is InChI=1S/C11H16BrN3O.C2H6/c1-16-9-5-4-8(11(13)10(9)12)15(14)6-7-2-3-7;1-2/h4-5,7H,2-3,6,13-14H2,1H3;1-2H3. The number of ether oxygens (including phenoxy) is 1. The van der Waals surface area contributed by atoms with Crippen molar-refractivity contribution in [3.8, 4) is 5.75 Å². The van der Waals surface area contributed by atoms with E-state index in [1.165, 1.54) is 12.8 Å². The van der Waals surface area contributed by atoms with Gasteiger partial charge in [0.15, 0.2) is 0 Å². The summed E-state index contributed by atoms with van der Waals surface area (Å²) in [6.07, 6.45) is 2.54. The molecule has 0 aromatic heterocycles. The van der Waals surface area contributed by atoms with Crippen molar-refractivity contribution in [3.63, 3.8) is 0 Å². The number of hydrogen-bond donors (Lipinski definition) is 2. The molecular formula is C13H22BrN3O. The molecule has 0 amide bonds. The van der Waals surface area contributed by atoms with Gasteiger partial charge in [-0.05, 0) is 46.8 Å². The van der Waals surface area contributed by atoms with Crippen LogP contribution in [0.4, 0.5) is 11.4 Å². The fourth-order valence-electron chi connectivity index (χ4n) is 1.65. The maximum atomic E-state index is 6.01. The molecule has 1 saturated carbocycles. The van der Waals surface area contributed by atoms with Crippen molar-refractivity contribution in [3.05, 3.63) is 16.6 Å². The molecule has 0 spiro atoms. The quantitative estimate of drug-likeness (QED) is 0.509. The number of nitrogens with zero attached hydrogens (tertiary/aromatic N) is 1. The third-order valence-corrected chi connectivity index (χ3v) is 3.62. The number of benzene rings is 1. The van der Waals surface area contributed by atoms with Crippen LogP contribution in [0.3, 0.4) is 0 Å². The molecule has 1 aromatic carbocycles. The van der Waals surface area contributed by atoms with Gasteiger partial charge in [0.1, 0.15) is 5.75 Å². The van der Waals surface area contributed by atoms with Crippen molar-refractivity contribution >= 4 is 27.3 Å². The normalized spacial score (nSPS) is 13.6. The molecule has 18 heavy (non-hydrogen) atoms. The van der Waals surface area contributed by atoms with Crippen LogP contribution in [0.1, 0.15) is 26.7 Å². The van der Waals surface area contributed by atoms with E-state index < -0.39 is 0 Å². The van der Waals surface area contributed by atoms with Gasteiger partial charge in [-0.1, -0.05) is 13.8 Å². The Hall–Kier alpha value is -0.940. The van der Waals surface area contributed by atoms with E-state index in [0.29, 0.717) is 5.69 Å². The Bertz CT molecular complexity index is 394. The molecule has 5 heteroatoms. The minimum atomic E-state index is 0.627. The molecule has 1 aromatic rings. The summed E-state index contributed by atoms with van der Waals surface area (Å²) in [4.78, 5) is 0. The van der Waals surface area contributed by atoms with Crippen LogP contribution in [0.25, 0.3) is 0 Å². The number of methoxy groups -OCH3 is 1. The molecule has 4 nitrogen and oxygen atoms in total. The number of rotatable bonds is 4. The Morgan fingerprint density at radius 3 is 2.50 bits per heavy atom. The van der Waals surface area contributed by atoms with Crippen molar-refractivity contribution in [2.24, 2.45) is 11.8 Å². The third-order valence-electron chi connectivity index (χ3n) is 2.80. The van der Waals surface area contributed by atoms with Crippen molar-refractivity contribution in [2.45, 2.75) is 26.7 Å². The summed E-state index contributed by atoms with van der Waals surface area (Å²) in [5.41, 5.74) is 7.48. The zero-order valence-electron chi connectivity index (χ0n) is 11.2. The number of hydrogen-bond acceptors (Lipinski definition) is 4. The summed E-state index contributed by atoms with van der Waals surface area (Å²) in [6, 6.07) is 3.75. The second-order valence-corrected chi connectivity index (χ2v) is 4.90. The maximum absolute atomic E-state index is 6.01. The van der Waals surface area contributed by atoms with Crippen LogP contribution in [0.15, 0.2) is 16.6 Å². The topological polar surface area (TPSA) is 64.5 Å². The number of hydrazine groups is 1. The molecule has 0 radical (unpaired) electrons.